The minimum atomic E-state index is -0.530. The Kier molecular flexibility index (Phi) is 4.20. The number of hydrogen-bond acceptors (Lipinski definition) is 4. The fourth-order valence-corrected chi connectivity index (χ4v) is 1.97. The smallest absolute Gasteiger partial charge is 0.267 e. The highest BCUT2D eigenvalue weighted by Crippen LogP contribution is 2.22. The van der Waals surface area contributed by atoms with Gasteiger partial charge in [-0.2, -0.15) is 0 Å². The molecule has 104 valence electrons. The first-order valence-corrected chi connectivity index (χ1v) is 6.20. The molecule has 0 spiro atoms. The van der Waals surface area contributed by atoms with Crippen molar-refractivity contribution in [2.75, 3.05) is 19.1 Å². The topological polar surface area (TPSA) is 68.4 Å². The lowest BCUT2D eigenvalue weighted by Gasteiger charge is -2.20. The Balaban J connectivity index is 2.21. The number of hydrogen-bond donors (Lipinski definition) is 1. The number of pyridine rings is 1. The van der Waals surface area contributed by atoms with Gasteiger partial charge in [0.25, 0.3) is 5.91 Å². The first-order valence-electron chi connectivity index (χ1n) is 6.20. The maximum atomic E-state index is 11.2. The van der Waals surface area contributed by atoms with Gasteiger partial charge in [0.05, 0.1) is 7.11 Å². The third-order valence-electron chi connectivity index (χ3n) is 3.04. The first-order chi connectivity index (χ1) is 9.61. The monoisotopic (exact) mass is 271 g/mol. The van der Waals surface area contributed by atoms with Gasteiger partial charge in [-0.3, -0.25) is 9.78 Å². The molecule has 2 aromatic rings. The minimum absolute atomic E-state index is 0.259. The number of nitrogens with zero attached hydrogens (tertiary/aromatic N) is 2. The van der Waals surface area contributed by atoms with Crippen molar-refractivity contribution in [3.05, 3.63) is 53.9 Å². The maximum Gasteiger partial charge on any atom is 0.267 e. The van der Waals surface area contributed by atoms with Crippen molar-refractivity contribution >= 4 is 11.6 Å². The molecule has 5 heteroatoms. The summed E-state index contributed by atoms with van der Waals surface area (Å²) in [5, 5.41) is 0. The lowest BCUT2D eigenvalue weighted by molar-refractivity contribution is 0.0995. The molecule has 0 radical (unpaired) electrons. The van der Waals surface area contributed by atoms with E-state index in [0.29, 0.717) is 6.54 Å². The molecule has 0 bridgehead atoms. The van der Waals surface area contributed by atoms with Crippen LogP contribution >= 0.6 is 0 Å². The Morgan fingerprint density at radius 2 is 2.10 bits per heavy atom. The van der Waals surface area contributed by atoms with Gasteiger partial charge in [0.1, 0.15) is 11.4 Å². The Morgan fingerprint density at radius 3 is 2.80 bits per heavy atom. The molecule has 0 aliphatic carbocycles. The van der Waals surface area contributed by atoms with Crippen molar-refractivity contribution in [3.8, 4) is 5.75 Å². The van der Waals surface area contributed by atoms with Gasteiger partial charge < -0.3 is 15.4 Å². The van der Waals surface area contributed by atoms with Gasteiger partial charge in [-0.05, 0) is 18.2 Å². The zero-order chi connectivity index (χ0) is 14.5. The van der Waals surface area contributed by atoms with E-state index in [2.05, 4.69) is 4.98 Å². The van der Waals surface area contributed by atoms with Gasteiger partial charge in [-0.1, -0.05) is 18.2 Å². The van der Waals surface area contributed by atoms with Crippen LogP contribution in [0.2, 0.25) is 0 Å². The van der Waals surface area contributed by atoms with E-state index in [1.165, 1.54) is 0 Å². The van der Waals surface area contributed by atoms with Crippen LogP contribution in [0, 0.1) is 0 Å². The van der Waals surface area contributed by atoms with Crippen LogP contribution in [0.15, 0.2) is 42.6 Å². The molecule has 1 aromatic carbocycles. The third kappa shape index (κ3) is 3.06. The number of benzene rings is 1. The van der Waals surface area contributed by atoms with Gasteiger partial charge >= 0.3 is 0 Å². The second kappa shape index (κ2) is 6.06. The number of rotatable bonds is 5. The van der Waals surface area contributed by atoms with Gasteiger partial charge in [0.2, 0.25) is 0 Å². The largest absolute Gasteiger partial charge is 0.496 e. The number of methoxy groups -OCH3 is 1. The summed E-state index contributed by atoms with van der Waals surface area (Å²) in [5.74, 6) is 0.307. The van der Waals surface area contributed by atoms with Crippen molar-refractivity contribution in [1.29, 1.82) is 0 Å². The highest BCUT2D eigenvalue weighted by Gasteiger charge is 2.09. The number of carbonyl (C=O) groups excluding carboxylic acids is 1. The number of ether oxygens (including phenoxy) is 1. The molecule has 1 amide bonds. The predicted octanol–water partition coefficient (Wildman–Crippen LogP) is 1.83. The SMILES string of the molecule is COc1ccccc1CN(C)c1ccnc(C(N)=O)c1. The van der Waals surface area contributed by atoms with E-state index in [1.54, 1.807) is 19.4 Å². The molecular formula is C15H17N3O2. The number of anilines is 1. The van der Waals surface area contributed by atoms with Gasteiger partial charge in [0, 0.05) is 31.0 Å². The molecule has 1 aromatic heterocycles. The van der Waals surface area contributed by atoms with Gasteiger partial charge in [-0.15, -0.1) is 0 Å². The normalized spacial score (nSPS) is 10.1. The molecule has 0 saturated heterocycles. The summed E-state index contributed by atoms with van der Waals surface area (Å²) in [6.07, 6.45) is 1.58. The van der Waals surface area contributed by atoms with Crippen LogP contribution in [-0.4, -0.2) is 25.0 Å². The lowest BCUT2D eigenvalue weighted by Crippen LogP contribution is -2.19. The van der Waals surface area contributed by atoms with Crippen molar-refractivity contribution in [1.82, 2.24) is 4.98 Å². The first kappa shape index (κ1) is 13.9. The molecule has 1 heterocycles. The van der Waals surface area contributed by atoms with Crippen LogP contribution in [0.25, 0.3) is 0 Å². The van der Waals surface area contributed by atoms with Crippen LogP contribution in [0.3, 0.4) is 0 Å². The highest BCUT2D eigenvalue weighted by molar-refractivity contribution is 5.91. The summed E-state index contributed by atoms with van der Waals surface area (Å²) < 4.78 is 5.33. The van der Waals surface area contributed by atoms with E-state index < -0.39 is 5.91 Å². The summed E-state index contributed by atoms with van der Waals surface area (Å²) in [4.78, 5) is 17.1. The summed E-state index contributed by atoms with van der Waals surface area (Å²) in [6.45, 7) is 0.659. The number of amides is 1. The number of para-hydroxylation sites is 1. The third-order valence-corrected chi connectivity index (χ3v) is 3.04. The average molecular weight is 271 g/mol. The number of primary amides is 1. The van der Waals surface area contributed by atoms with Crippen LogP contribution in [0.4, 0.5) is 5.69 Å². The zero-order valence-corrected chi connectivity index (χ0v) is 11.5. The van der Waals surface area contributed by atoms with Crippen LogP contribution in [0.1, 0.15) is 16.1 Å². The van der Waals surface area contributed by atoms with Gasteiger partial charge in [0.15, 0.2) is 0 Å². The van der Waals surface area contributed by atoms with E-state index in [4.69, 9.17) is 10.5 Å². The van der Waals surface area contributed by atoms with E-state index in [9.17, 15) is 4.79 Å². The lowest BCUT2D eigenvalue weighted by atomic mass is 10.2. The van der Waals surface area contributed by atoms with E-state index >= 15 is 0 Å². The molecule has 0 aliphatic heterocycles. The molecule has 5 nitrogen and oxygen atoms in total. The Bertz CT molecular complexity index is 614. The molecule has 2 N–H and O–H groups in total. The van der Waals surface area contributed by atoms with Crippen molar-refractivity contribution in [2.24, 2.45) is 5.73 Å². The molecule has 0 atom stereocenters. The molecule has 0 saturated carbocycles. The summed E-state index contributed by atoms with van der Waals surface area (Å²) >= 11 is 0. The molecule has 2 rings (SSSR count). The quantitative estimate of drug-likeness (QED) is 0.900. The second-order valence-corrected chi connectivity index (χ2v) is 4.43. The van der Waals surface area contributed by atoms with Crippen molar-refractivity contribution in [3.63, 3.8) is 0 Å². The predicted molar refractivity (Wildman–Crippen MR) is 77.9 cm³/mol. The number of nitrogens with two attached hydrogens (primary N) is 1. The Labute approximate surface area is 118 Å². The minimum Gasteiger partial charge on any atom is -0.496 e. The molecule has 0 aliphatic rings. The maximum absolute atomic E-state index is 11.2. The molecular weight excluding hydrogens is 254 g/mol. The van der Waals surface area contributed by atoms with E-state index in [0.717, 1.165) is 17.0 Å². The standard InChI is InChI=1S/C15H17N3O2/c1-18(10-11-5-3-4-6-14(11)20-2)12-7-8-17-13(9-12)15(16)19/h3-9H,10H2,1-2H3,(H2,16,19). The molecule has 0 fully saturated rings. The van der Waals surface area contributed by atoms with Crippen molar-refractivity contribution in [2.45, 2.75) is 6.54 Å². The van der Waals surface area contributed by atoms with Gasteiger partial charge in [-0.25, -0.2) is 0 Å². The second-order valence-electron chi connectivity index (χ2n) is 4.43. The average Bonchev–Trinajstić information content (AvgIpc) is 2.48. The Hall–Kier alpha value is -2.56. The Morgan fingerprint density at radius 1 is 1.35 bits per heavy atom. The van der Waals surface area contributed by atoms with Crippen LogP contribution < -0.4 is 15.4 Å². The molecule has 20 heavy (non-hydrogen) atoms. The molecule has 0 unspecified atom stereocenters. The summed E-state index contributed by atoms with van der Waals surface area (Å²) in [6, 6.07) is 11.3. The number of aromatic nitrogens is 1. The fraction of sp³-hybridized carbons (Fsp3) is 0.200. The summed E-state index contributed by atoms with van der Waals surface area (Å²) in [5.41, 5.74) is 7.44. The van der Waals surface area contributed by atoms with E-state index in [1.807, 2.05) is 42.3 Å². The number of carbonyl (C=O) groups is 1. The fourth-order valence-electron chi connectivity index (χ4n) is 1.97. The zero-order valence-electron chi connectivity index (χ0n) is 11.5. The highest BCUT2D eigenvalue weighted by atomic mass is 16.5. The van der Waals surface area contributed by atoms with Crippen molar-refractivity contribution < 1.29 is 9.53 Å². The van der Waals surface area contributed by atoms with Crippen LogP contribution in [-0.2, 0) is 6.54 Å². The summed E-state index contributed by atoms with van der Waals surface area (Å²) in [7, 11) is 3.59. The van der Waals surface area contributed by atoms with E-state index in [-0.39, 0.29) is 5.69 Å². The van der Waals surface area contributed by atoms with Crippen LogP contribution in [0.5, 0.6) is 5.75 Å².